The first-order valence-electron chi connectivity index (χ1n) is 30.6. The first-order valence-corrected chi connectivity index (χ1v) is 30.6. The molecule has 0 aromatic rings. The summed E-state index contributed by atoms with van der Waals surface area (Å²) in [6.07, 6.45) is 0.426. The smallest absolute Gasteiger partial charge is 0.328 e. The fourth-order valence-corrected chi connectivity index (χ4v) is 8.69. The van der Waals surface area contributed by atoms with Gasteiger partial charge in [-0.1, -0.05) is 116 Å². The first kappa shape index (κ1) is 81.9. The third-order valence-electron chi connectivity index (χ3n) is 14.9. The Morgan fingerprint density at radius 1 is 0.404 bits per heavy atom. The van der Waals surface area contributed by atoms with Crippen molar-refractivity contribution in [3.8, 4) is 0 Å². The Bertz CT molecular complexity index is 2340. The summed E-state index contributed by atoms with van der Waals surface area (Å²) in [4.78, 5) is 174. The topological polar surface area (TPSA) is 519 Å². The van der Waals surface area contributed by atoms with Crippen molar-refractivity contribution in [3.63, 3.8) is 0 Å². The number of carboxylic acid groups (broad SMARTS) is 1. The van der Waals surface area contributed by atoms with Gasteiger partial charge >= 0.3 is 5.97 Å². The number of aliphatic hydroxyl groups is 2. The molecule has 0 fully saturated rings. The van der Waals surface area contributed by atoms with Crippen LogP contribution in [-0.4, -0.2) is 198 Å². The quantitative estimate of drug-likeness (QED) is 0.0200. The van der Waals surface area contributed by atoms with Gasteiger partial charge in [0, 0.05) is 0 Å². The molecule has 0 bridgehead atoms. The average molecular weight is 1270 g/mol. The minimum Gasteiger partial charge on any atom is -0.480 e. The molecule has 0 aromatic carbocycles. The molecule has 12 amide bonds. The second kappa shape index (κ2) is 42.0. The van der Waals surface area contributed by atoms with Gasteiger partial charge in [-0.15, -0.1) is 0 Å². The highest BCUT2D eigenvalue weighted by Crippen LogP contribution is 2.17. The van der Waals surface area contributed by atoms with Crippen LogP contribution in [-0.2, 0) is 62.3 Å². The number of amides is 12. The van der Waals surface area contributed by atoms with Gasteiger partial charge in [0.05, 0.1) is 26.3 Å². The third kappa shape index (κ3) is 29.8. The van der Waals surface area contributed by atoms with Crippen molar-refractivity contribution in [1.82, 2.24) is 69.1 Å². The molecule has 32 heteroatoms. The molecule has 0 aliphatic rings. The van der Waals surface area contributed by atoms with Crippen LogP contribution in [0, 0.1) is 41.4 Å². The summed E-state index contributed by atoms with van der Waals surface area (Å²) in [5.41, 5.74) is 14.7. The van der Waals surface area contributed by atoms with E-state index in [-0.39, 0.29) is 38.3 Å². The van der Waals surface area contributed by atoms with Gasteiger partial charge in [-0.2, -0.15) is 0 Å². The van der Waals surface area contributed by atoms with Crippen molar-refractivity contribution < 1.29 is 83.4 Å². The number of aliphatic hydroxyl groups excluding tert-OH is 2. The monoisotopic (exact) mass is 1270 g/mol. The Morgan fingerprint density at radius 3 is 1.12 bits per heavy atom. The number of carbonyl (C=O) groups excluding carboxylic acids is 12. The fraction of sp³-hybridized carbons (Fsp3) is 0.772. The third-order valence-corrected chi connectivity index (χ3v) is 14.9. The Kier molecular flexibility index (Phi) is 38.6. The number of hydrogen-bond acceptors (Lipinski definition) is 18. The van der Waals surface area contributed by atoms with E-state index in [1.807, 2.05) is 0 Å². The lowest BCUT2D eigenvalue weighted by molar-refractivity contribution is -0.355. The molecule has 13 atom stereocenters. The molecule has 0 aliphatic carbocycles. The van der Waals surface area contributed by atoms with E-state index in [4.69, 9.17) is 11.5 Å². The largest absolute Gasteiger partial charge is 0.480 e. The maximum absolute atomic E-state index is 14.3. The van der Waals surface area contributed by atoms with Crippen molar-refractivity contribution in [2.75, 3.05) is 39.4 Å². The molecule has 0 unspecified atom stereocenters. The summed E-state index contributed by atoms with van der Waals surface area (Å²) in [7, 11) is 0. The van der Waals surface area contributed by atoms with Gasteiger partial charge in [-0.3, -0.25) is 62.9 Å². The van der Waals surface area contributed by atoms with E-state index in [1.165, 1.54) is 0 Å². The average Bonchev–Trinajstić information content (AvgIpc) is 3.29. The summed E-state index contributed by atoms with van der Waals surface area (Å²) in [6, 6.07) is -13.4. The zero-order chi connectivity index (χ0) is 68.6. The molecule has 0 aliphatic heterocycles. The van der Waals surface area contributed by atoms with Crippen LogP contribution in [0.1, 0.15) is 135 Å². The summed E-state index contributed by atoms with van der Waals surface area (Å²) in [5, 5.41) is 62.1. The molecular formula is C57H107N16O16+. The van der Waals surface area contributed by atoms with E-state index < -0.39 is 205 Å². The van der Waals surface area contributed by atoms with Crippen LogP contribution >= 0.6 is 0 Å². The number of quaternary nitrogens is 1. The Hall–Kier alpha value is -7.13. The zero-order valence-electron chi connectivity index (χ0n) is 54.4. The Labute approximate surface area is 522 Å². The molecule has 0 heterocycles. The molecule has 0 rings (SSSR count). The summed E-state index contributed by atoms with van der Waals surface area (Å²) >= 11 is 0. The zero-order valence-corrected chi connectivity index (χ0v) is 54.4. The SMILES string of the molecule is CC[C@H](C)[C@H](NC(=O)[C@H](CCCNC(N)N)NC(=O)CNC(=O)[C@@H](NC(=O)[C@@H](NC(=O)[C@@H](NC(=O)[C@@H](NC(=O)[C@H](CO)NC(=O)CNC(=O)C[NH3+])C(C)C)C(C)C)[C@@H](C)CC)C(C)C)C(=O)N[C@H](C(=O)N[C@@H](CC(C)C)C(=O)N[C@@H](CO)C(=O)O)[C@@H](C)CC. The van der Waals surface area contributed by atoms with Crippen LogP contribution in [0.3, 0.4) is 0 Å². The van der Waals surface area contributed by atoms with Crippen LogP contribution in [0.15, 0.2) is 0 Å². The second-order valence-corrected chi connectivity index (χ2v) is 23.9. The predicted molar refractivity (Wildman–Crippen MR) is 327 cm³/mol. The maximum atomic E-state index is 14.3. The van der Waals surface area contributed by atoms with Gasteiger partial charge in [0.1, 0.15) is 66.7 Å². The van der Waals surface area contributed by atoms with E-state index >= 15 is 0 Å². The van der Waals surface area contributed by atoms with E-state index in [2.05, 4.69) is 74.9 Å². The van der Waals surface area contributed by atoms with E-state index in [1.54, 1.807) is 96.9 Å². The van der Waals surface area contributed by atoms with Crippen molar-refractivity contribution in [2.45, 2.75) is 202 Å². The first-order chi connectivity index (χ1) is 41.5. The van der Waals surface area contributed by atoms with Gasteiger partial charge in [0.15, 0.2) is 6.54 Å². The van der Waals surface area contributed by atoms with E-state index in [0.29, 0.717) is 19.3 Å². The molecule has 32 nitrogen and oxygen atoms in total. The molecule has 0 saturated carbocycles. The van der Waals surface area contributed by atoms with Crippen LogP contribution in [0.5, 0.6) is 0 Å². The lowest BCUT2D eigenvalue weighted by atomic mass is 9.94. The molecule has 510 valence electrons. The van der Waals surface area contributed by atoms with Crippen molar-refractivity contribution in [2.24, 2.45) is 52.9 Å². The molecule has 0 saturated heterocycles. The van der Waals surface area contributed by atoms with Gasteiger partial charge in [0.2, 0.25) is 65.0 Å². The van der Waals surface area contributed by atoms with Crippen molar-refractivity contribution >= 4 is 76.9 Å². The molecule has 89 heavy (non-hydrogen) atoms. The molecule has 0 radical (unpaired) electrons. The maximum Gasteiger partial charge on any atom is 0.328 e. The number of rotatable bonds is 43. The number of aliphatic carboxylic acids is 1. The van der Waals surface area contributed by atoms with E-state index in [9.17, 15) is 77.6 Å². The highest BCUT2D eigenvalue weighted by Gasteiger charge is 2.39. The number of nitrogens with two attached hydrogens (primary N) is 2. The van der Waals surface area contributed by atoms with Crippen LogP contribution in [0.25, 0.3) is 0 Å². The summed E-state index contributed by atoms with van der Waals surface area (Å²) < 4.78 is 0. The molecule has 0 spiro atoms. The number of carboxylic acids is 1. The lowest BCUT2D eigenvalue weighted by Gasteiger charge is -2.31. The highest BCUT2D eigenvalue weighted by atomic mass is 16.4. The summed E-state index contributed by atoms with van der Waals surface area (Å²) in [6.45, 7) is 20.7. The molecule has 23 N–H and O–H groups in total. The minimum absolute atomic E-state index is 0.0342. The summed E-state index contributed by atoms with van der Waals surface area (Å²) in [5.74, 6) is -14.5. The number of hydrogen-bond donors (Lipinski definition) is 19. The van der Waals surface area contributed by atoms with Gasteiger partial charge in [-0.05, 0) is 67.2 Å². The number of carbonyl (C=O) groups is 13. The lowest BCUT2D eigenvalue weighted by Crippen LogP contribution is -2.62. The highest BCUT2D eigenvalue weighted by molar-refractivity contribution is 5.99. The molecule has 0 aromatic heterocycles. The molecular weight excluding hydrogens is 1160 g/mol. The normalized spacial score (nSPS) is 15.8. The second-order valence-electron chi connectivity index (χ2n) is 23.9. The number of nitrogens with one attached hydrogen (secondary N) is 13. The minimum atomic E-state index is -1.64. The van der Waals surface area contributed by atoms with Gasteiger partial charge in [0.25, 0.3) is 5.91 Å². The van der Waals surface area contributed by atoms with E-state index in [0.717, 1.165) is 0 Å². The predicted octanol–water partition coefficient (Wildman–Crippen LogP) is -5.90. The Balaban J connectivity index is 6.55. The van der Waals surface area contributed by atoms with Crippen molar-refractivity contribution in [1.29, 1.82) is 0 Å². The standard InChI is InChI=1S/C57H106N16O16/c1-15-31(12)44(53(85)66-35(21-27(4)5)48(80)67-37(26-75)56(88)89)73-55(87)45(32(13)16-2)71-47(79)34(19-18-20-61-57(59)60)64-40(78)24-63-50(82)41(28(6)7)69-54(86)46(33(14)17-3)72-52(84)43(30(10)11)70-51(83)42(29(8)9)68-49(81)36(25-74)65-39(77)23-62-38(76)22-58/h27-37,41-46,57,61,74-75H,15-26,58-60H2,1-14H3,(H,62,76)(H,63,82)(H,64,78)(H,65,77)(H,66,85)(H,67,80)(H,68,81)(H,69,86)(H,70,83)(H,71,79)(H,72,84)(H,73,87)(H,88,89)/p+1/t31-,32-,33-,34-,35-,36-,37-,41-,42-,43-,44-,45-,46-/m0/s1. The van der Waals surface area contributed by atoms with Crippen LogP contribution in [0.4, 0.5) is 0 Å². The van der Waals surface area contributed by atoms with Crippen LogP contribution < -0.4 is 86.3 Å². The van der Waals surface area contributed by atoms with Crippen LogP contribution in [0.2, 0.25) is 0 Å². The Morgan fingerprint density at radius 2 is 0.742 bits per heavy atom. The fourth-order valence-electron chi connectivity index (χ4n) is 8.69. The van der Waals surface area contributed by atoms with Gasteiger partial charge in [-0.25, -0.2) is 4.79 Å². The van der Waals surface area contributed by atoms with Gasteiger partial charge < -0.3 is 96.3 Å². The van der Waals surface area contributed by atoms with Crippen molar-refractivity contribution in [3.05, 3.63) is 0 Å².